The van der Waals surface area contributed by atoms with Gasteiger partial charge >= 0.3 is 0 Å². The molecule has 0 aliphatic carbocycles. The van der Waals surface area contributed by atoms with Crippen LogP contribution in [0, 0.1) is 13.8 Å². The van der Waals surface area contributed by atoms with Crippen LogP contribution >= 0.6 is 23.2 Å². The van der Waals surface area contributed by atoms with Crippen molar-refractivity contribution in [1.82, 2.24) is 15.6 Å². The first kappa shape index (κ1) is 16.5. The minimum absolute atomic E-state index is 0.165. The number of nitrogens with one attached hydrogen (secondary N) is 2. The highest BCUT2D eigenvalue weighted by Crippen LogP contribution is 2.19. The lowest BCUT2D eigenvalue weighted by Crippen LogP contribution is -2.18. The number of amides is 1. The van der Waals surface area contributed by atoms with E-state index in [1.54, 1.807) is 18.2 Å². The van der Waals surface area contributed by atoms with E-state index in [4.69, 9.17) is 23.2 Å². The maximum atomic E-state index is 11.8. The number of hydrogen-bond acceptors (Lipinski definition) is 3. The second-order valence-electron chi connectivity index (χ2n) is 4.87. The highest BCUT2D eigenvalue weighted by atomic mass is 35.5. The highest BCUT2D eigenvalue weighted by Gasteiger charge is 2.08. The molecular formula is C15H16Cl2N4O. The number of halogens is 2. The summed E-state index contributed by atoms with van der Waals surface area (Å²) in [4.78, 5) is 11.8. The van der Waals surface area contributed by atoms with Gasteiger partial charge in [0.05, 0.1) is 16.9 Å². The number of aromatic nitrogens is 2. The molecule has 1 heterocycles. The number of hydrogen-bond donors (Lipinski definition) is 2. The maximum absolute atomic E-state index is 11.8. The molecule has 2 N–H and O–H groups in total. The Labute approximate surface area is 138 Å². The van der Waals surface area contributed by atoms with Crippen molar-refractivity contribution >= 4 is 35.3 Å². The summed E-state index contributed by atoms with van der Waals surface area (Å²) in [5, 5.41) is 11.9. The van der Waals surface area contributed by atoms with Crippen molar-refractivity contribution in [1.29, 1.82) is 0 Å². The molecule has 22 heavy (non-hydrogen) atoms. The van der Waals surface area contributed by atoms with Crippen LogP contribution in [-0.2, 0) is 11.2 Å². The summed E-state index contributed by atoms with van der Waals surface area (Å²) in [7, 11) is 0. The van der Waals surface area contributed by atoms with E-state index in [0.29, 0.717) is 28.5 Å². The zero-order chi connectivity index (χ0) is 16.1. The average Bonchev–Trinajstić information content (AvgIpc) is 2.78. The highest BCUT2D eigenvalue weighted by molar-refractivity contribution is 6.36. The number of H-pyrrole nitrogens is 1. The van der Waals surface area contributed by atoms with Crippen LogP contribution in [-0.4, -0.2) is 22.3 Å². The molecule has 0 unspecified atom stereocenters. The standard InChI is InChI=1S/C15H16Cl2N4O/c1-9-13(10(2)20-19-9)5-6-15(22)21-18-8-11-3-4-12(16)7-14(11)17/h3-4,7-8H,5-6H2,1-2H3,(H,19,20)(H,21,22). The third-order valence-electron chi connectivity index (χ3n) is 3.24. The molecule has 116 valence electrons. The van der Waals surface area contributed by atoms with E-state index in [-0.39, 0.29) is 5.91 Å². The second-order valence-corrected chi connectivity index (χ2v) is 5.72. The molecule has 0 aliphatic rings. The Bertz CT molecular complexity index is 690. The zero-order valence-corrected chi connectivity index (χ0v) is 13.8. The van der Waals surface area contributed by atoms with Gasteiger partial charge in [0.2, 0.25) is 5.91 Å². The molecule has 0 atom stereocenters. The van der Waals surface area contributed by atoms with E-state index in [1.165, 1.54) is 6.21 Å². The van der Waals surface area contributed by atoms with Gasteiger partial charge in [-0.25, -0.2) is 5.43 Å². The summed E-state index contributed by atoms with van der Waals surface area (Å²) in [5.74, 6) is -0.165. The predicted octanol–water partition coefficient (Wildman–Crippen LogP) is 3.42. The second kappa shape index (κ2) is 7.42. The van der Waals surface area contributed by atoms with Gasteiger partial charge in [-0.3, -0.25) is 9.89 Å². The van der Waals surface area contributed by atoms with E-state index < -0.39 is 0 Å². The molecule has 0 saturated heterocycles. The van der Waals surface area contributed by atoms with Crippen LogP contribution in [0.2, 0.25) is 10.0 Å². The fourth-order valence-corrected chi connectivity index (χ4v) is 2.47. The molecular weight excluding hydrogens is 323 g/mol. The minimum atomic E-state index is -0.165. The molecule has 2 aromatic rings. The number of carbonyl (C=O) groups excluding carboxylic acids is 1. The molecule has 0 radical (unpaired) electrons. The van der Waals surface area contributed by atoms with Crippen molar-refractivity contribution in [2.45, 2.75) is 26.7 Å². The smallest absolute Gasteiger partial charge is 0.240 e. The van der Waals surface area contributed by atoms with Crippen molar-refractivity contribution in [2.24, 2.45) is 5.10 Å². The third-order valence-corrected chi connectivity index (χ3v) is 3.80. The normalized spacial score (nSPS) is 11.1. The average molecular weight is 339 g/mol. The number of nitrogens with zero attached hydrogens (tertiary/aromatic N) is 2. The third kappa shape index (κ3) is 4.32. The molecule has 7 heteroatoms. The first-order valence-electron chi connectivity index (χ1n) is 6.74. The quantitative estimate of drug-likeness (QED) is 0.647. The minimum Gasteiger partial charge on any atom is -0.282 e. The van der Waals surface area contributed by atoms with Crippen molar-refractivity contribution in [3.05, 3.63) is 50.8 Å². The largest absolute Gasteiger partial charge is 0.282 e. The fourth-order valence-electron chi connectivity index (χ4n) is 2.02. The molecule has 5 nitrogen and oxygen atoms in total. The van der Waals surface area contributed by atoms with Gasteiger partial charge in [-0.2, -0.15) is 10.2 Å². The summed E-state index contributed by atoms with van der Waals surface area (Å²) in [6.45, 7) is 3.85. The number of hydrazone groups is 1. The van der Waals surface area contributed by atoms with Crippen molar-refractivity contribution in [3.8, 4) is 0 Å². The van der Waals surface area contributed by atoms with E-state index in [1.807, 2.05) is 13.8 Å². The topological polar surface area (TPSA) is 70.1 Å². The van der Waals surface area contributed by atoms with Gasteiger partial charge in [0.1, 0.15) is 0 Å². The molecule has 0 spiro atoms. The van der Waals surface area contributed by atoms with Gasteiger partial charge in [-0.1, -0.05) is 29.3 Å². The van der Waals surface area contributed by atoms with Crippen LogP contribution < -0.4 is 5.43 Å². The van der Waals surface area contributed by atoms with Gasteiger partial charge < -0.3 is 0 Å². The summed E-state index contributed by atoms with van der Waals surface area (Å²) in [6.07, 6.45) is 2.45. The number of carbonyl (C=O) groups is 1. The number of aryl methyl sites for hydroxylation is 2. The lowest BCUT2D eigenvalue weighted by Gasteiger charge is -2.02. The summed E-state index contributed by atoms with van der Waals surface area (Å²) >= 11 is 11.8. The van der Waals surface area contributed by atoms with E-state index in [9.17, 15) is 4.79 Å². The van der Waals surface area contributed by atoms with Gasteiger partial charge in [0, 0.05) is 22.7 Å². The van der Waals surface area contributed by atoms with Crippen LogP contribution in [0.15, 0.2) is 23.3 Å². The van der Waals surface area contributed by atoms with Gasteiger partial charge in [0.25, 0.3) is 0 Å². The van der Waals surface area contributed by atoms with Crippen LogP contribution in [0.25, 0.3) is 0 Å². The lowest BCUT2D eigenvalue weighted by molar-refractivity contribution is -0.121. The molecule has 1 amide bonds. The first-order chi connectivity index (χ1) is 10.5. The van der Waals surface area contributed by atoms with Gasteiger partial charge in [-0.15, -0.1) is 0 Å². The van der Waals surface area contributed by atoms with Crippen molar-refractivity contribution in [3.63, 3.8) is 0 Å². The SMILES string of the molecule is Cc1n[nH]c(C)c1CCC(=O)NN=Cc1ccc(Cl)cc1Cl. The molecule has 0 saturated carbocycles. The number of rotatable bonds is 5. The molecule has 1 aromatic carbocycles. The Hall–Kier alpha value is -1.85. The zero-order valence-electron chi connectivity index (χ0n) is 12.3. The summed E-state index contributed by atoms with van der Waals surface area (Å²) < 4.78 is 0. The van der Waals surface area contributed by atoms with Crippen molar-refractivity contribution in [2.75, 3.05) is 0 Å². The van der Waals surface area contributed by atoms with Gasteiger partial charge in [0.15, 0.2) is 0 Å². The Balaban J connectivity index is 1.86. The van der Waals surface area contributed by atoms with E-state index in [0.717, 1.165) is 17.0 Å². The van der Waals surface area contributed by atoms with Crippen LogP contribution in [0.1, 0.15) is 28.9 Å². The summed E-state index contributed by atoms with van der Waals surface area (Å²) in [6, 6.07) is 5.07. The molecule has 0 bridgehead atoms. The van der Waals surface area contributed by atoms with Crippen LogP contribution in [0.3, 0.4) is 0 Å². The molecule has 2 rings (SSSR count). The first-order valence-corrected chi connectivity index (χ1v) is 7.50. The Morgan fingerprint density at radius 2 is 2.18 bits per heavy atom. The van der Waals surface area contributed by atoms with Crippen molar-refractivity contribution < 1.29 is 4.79 Å². The lowest BCUT2D eigenvalue weighted by atomic mass is 10.1. The maximum Gasteiger partial charge on any atom is 0.240 e. The molecule has 0 fully saturated rings. The number of aromatic amines is 1. The van der Waals surface area contributed by atoms with Crippen LogP contribution in [0.5, 0.6) is 0 Å². The van der Waals surface area contributed by atoms with Gasteiger partial charge in [-0.05, 0) is 38.0 Å². The Morgan fingerprint density at radius 1 is 1.41 bits per heavy atom. The Morgan fingerprint density at radius 3 is 2.82 bits per heavy atom. The predicted molar refractivity (Wildman–Crippen MR) is 88.6 cm³/mol. The van der Waals surface area contributed by atoms with E-state index in [2.05, 4.69) is 20.7 Å². The van der Waals surface area contributed by atoms with Crippen LogP contribution in [0.4, 0.5) is 0 Å². The Kier molecular flexibility index (Phi) is 5.57. The molecule has 1 aromatic heterocycles. The summed E-state index contributed by atoms with van der Waals surface area (Å²) in [5.41, 5.74) is 6.15. The molecule has 0 aliphatic heterocycles. The monoisotopic (exact) mass is 338 g/mol. The van der Waals surface area contributed by atoms with E-state index >= 15 is 0 Å². The number of benzene rings is 1. The fraction of sp³-hybridized carbons (Fsp3) is 0.267.